The Morgan fingerprint density at radius 2 is 2.03 bits per heavy atom. The number of benzene rings is 1. The first kappa shape index (κ1) is 22.4. The Bertz CT molecular complexity index is 1120. The number of nitrogens with zero attached hydrogens (tertiary/aromatic N) is 2. The number of aromatic nitrogens is 2. The summed E-state index contributed by atoms with van der Waals surface area (Å²) in [5, 5.41) is 15.1. The van der Waals surface area contributed by atoms with Crippen LogP contribution >= 0.6 is 11.6 Å². The van der Waals surface area contributed by atoms with E-state index in [1.165, 1.54) is 0 Å². The normalized spacial score (nSPS) is 35.9. The van der Waals surface area contributed by atoms with Gasteiger partial charge in [-0.3, -0.25) is 4.79 Å². The van der Waals surface area contributed by atoms with Crippen molar-refractivity contribution in [1.82, 2.24) is 10.1 Å². The standard InChI is InChI=1S/C24H25ClF2N2O5/c1-22(26,27)33-14-4-12(5-14)20-28-21(34-29-20)24-9-23(10-24,11-24)8-17(31)19-7-16(30)15-6-13(25)2-3-18(15)32-19/h2-3,6,12,14,16,19,30H,4-5,7-11H2,1H3/t12?,14?,16-,19-,23?,24?/m1/s1. The third-order valence-corrected chi connectivity index (χ3v) is 8.05. The Morgan fingerprint density at radius 3 is 2.74 bits per heavy atom. The topological polar surface area (TPSA) is 94.7 Å². The summed E-state index contributed by atoms with van der Waals surface area (Å²) in [5.74, 6) is 1.60. The molecule has 2 heterocycles. The van der Waals surface area contributed by atoms with E-state index < -0.39 is 24.4 Å². The minimum Gasteiger partial charge on any atom is -0.482 e. The van der Waals surface area contributed by atoms with E-state index in [1.807, 2.05) is 0 Å². The van der Waals surface area contributed by atoms with Crippen molar-refractivity contribution in [2.75, 3.05) is 0 Å². The van der Waals surface area contributed by atoms with E-state index in [2.05, 4.69) is 14.9 Å². The van der Waals surface area contributed by atoms with Gasteiger partial charge in [0, 0.05) is 36.3 Å². The summed E-state index contributed by atoms with van der Waals surface area (Å²) in [5.41, 5.74) is 0.348. The van der Waals surface area contributed by atoms with E-state index in [0.29, 0.717) is 47.3 Å². The maximum atomic E-state index is 13.0. The zero-order chi connectivity index (χ0) is 23.9. The number of carbonyl (C=O) groups is 1. The molecule has 2 aromatic rings. The van der Waals surface area contributed by atoms with Gasteiger partial charge in [0.1, 0.15) is 5.75 Å². The van der Waals surface area contributed by atoms with Gasteiger partial charge < -0.3 is 19.1 Å². The maximum absolute atomic E-state index is 13.0. The van der Waals surface area contributed by atoms with Gasteiger partial charge in [0.2, 0.25) is 5.89 Å². The number of Topliss-reactive ketones (excluding diaryl/α,β-unsaturated/α-hetero) is 1. The lowest BCUT2D eigenvalue weighted by molar-refractivity contribution is -0.264. The molecule has 0 radical (unpaired) electrons. The summed E-state index contributed by atoms with van der Waals surface area (Å²) in [6.07, 6.45) is -1.16. The fourth-order valence-corrected chi connectivity index (χ4v) is 6.47. The number of aliphatic hydroxyl groups excluding tert-OH is 1. The minimum atomic E-state index is -3.13. The number of ketones is 1. The largest absolute Gasteiger partial charge is 0.482 e. The predicted molar refractivity (Wildman–Crippen MR) is 115 cm³/mol. The second kappa shape index (κ2) is 7.45. The molecule has 0 amide bonds. The van der Waals surface area contributed by atoms with Gasteiger partial charge in [-0.15, -0.1) is 0 Å². The molecule has 34 heavy (non-hydrogen) atoms. The van der Waals surface area contributed by atoms with Crippen LogP contribution in [0.1, 0.15) is 81.2 Å². The first-order valence-corrected chi connectivity index (χ1v) is 12.0. The van der Waals surface area contributed by atoms with Gasteiger partial charge in [-0.25, -0.2) is 0 Å². The van der Waals surface area contributed by atoms with Crippen LogP contribution in [0.15, 0.2) is 22.7 Å². The number of carbonyl (C=O) groups excluding carboxylic acids is 1. The molecule has 1 aromatic carbocycles. The second-order valence-electron chi connectivity index (χ2n) is 10.7. The van der Waals surface area contributed by atoms with Crippen molar-refractivity contribution in [2.24, 2.45) is 5.41 Å². The third-order valence-electron chi connectivity index (χ3n) is 7.81. The molecule has 4 saturated carbocycles. The van der Waals surface area contributed by atoms with E-state index in [-0.39, 0.29) is 29.0 Å². The van der Waals surface area contributed by atoms with Gasteiger partial charge in [0.25, 0.3) is 0 Å². The van der Waals surface area contributed by atoms with Crippen LogP contribution in [0.3, 0.4) is 0 Å². The molecule has 0 spiro atoms. The highest BCUT2D eigenvalue weighted by Crippen LogP contribution is 2.75. The quantitative estimate of drug-likeness (QED) is 0.587. The van der Waals surface area contributed by atoms with Crippen molar-refractivity contribution in [3.63, 3.8) is 0 Å². The van der Waals surface area contributed by atoms with E-state index in [1.54, 1.807) is 18.2 Å². The smallest absolute Gasteiger partial charge is 0.353 e. The average molecular weight is 495 g/mol. The van der Waals surface area contributed by atoms with Crippen LogP contribution in [0.2, 0.25) is 5.02 Å². The average Bonchev–Trinajstić information content (AvgIpc) is 3.14. The molecule has 1 aliphatic heterocycles. The molecule has 7 rings (SSSR count). The maximum Gasteiger partial charge on any atom is 0.353 e. The van der Waals surface area contributed by atoms with Crippen LogP contribution in [-0.4, -0.2) is 39.3 Å². The van der Waals surface area contributed by atoms with Crippen molar-refractivity contribution < 1.29 is 32.7 Å². The number of alkyl halides is 2. The first-order chi connectivity index (χ1) is 16.0. The Morgan fingerprint density at radius 1 is 1.29 bits per heavy atom. The fourth-order valence-electron chi connectivity index (χ4n) is 6.29. The van der Waals surface area contributed by atoms with Crippen LogP contribution in [0.4, 0.5) is 8.78 Å². The molecule has 2 atom stereocenters. The summed E-state index contributed by atoms with van der Waals surface area (Å²) >= 11 is 6.00. The van der Waals surface area contributed by atoms with Crippen molar-refractivity contribution in [3.05, 3.63) is 40.5 Å². The second-order valence-corrected chi connectivity index (χ2v) is 11.1. The monoisotopic (exact) mass is 494 g/mol. The molecule has 4 fully saturated rings. The number of hydrogen-bond donors (Lipinski definition) is 1. The summed E-state index contributed by atoms with van der Waals surface area (Å²) in [7, 11) is 0. The number of halogens is 3. The molecule has 1 aromatic heterocycles. The number of fused-ring (bicyclic) bond motifs is 1. The number of aliphatic hydroxyl groups is 1. The van der Waals surface area contributed by atoms with E-state index in [0.717, 1.165) is 26.2 Å². The molecule has 0 unspecified atom stereocenters. The van der Waals surface area contributed by atoms with Crippen molar-refractivity contribution in [3.8, 4) is 5.75 Å². The molecular formula is C24H25ClF2N2O5. The van der Waals surface area contributed by atoms with Gasteiger partial charge in [0.05, 0.1) is 17.6 Å². The molecule has 10 heteroatoms. The lowest BCUT2D eigenvalue weighted by atomic mass is 9.34. The summed E-state index contributed by atoms with van der Waals surface area (Å²) < 4.78 is 42.0. The third kappa shape index (κ3) is 3.72. The minimum absolute atomic E-state index is 0.00703. The molecule has 5 aliphatic rings. The van der Waals surface area contributed by atoms with Crippen LogP contribution < -0.4 is 4.74 Å². The highest BCUT2D eigenvalue weighted by Gasteiger charge is 2.71. The molecular weight excluding hydrogens is 470 g/mol. The Kier molecular flexibility index (Phi) is 4.90. The number of hydrogen-bond acceptors (Lipinski definition) is 7. The number of ether oxygens (including phenoxy) is 2. The van der Waals surface area contributed by atoms with Gasteiger partial charge >= 0.3 is 6.11 Å². The number of rotatable bonds is 7. The highest BCUT2D eigenvalue weighted by molar-refractivity contribution is 6.30. The fraction of sp³-hybridized carbons (Fsp3) is 0.625. The highest BCUT2D eigenvalue weighted by atomic mass is 35.5. The molecule has 2 bridgehead atoms. The zero-order valence-electron chi connectivity index (χ0n) is 18.6. The Labute approximate surface area is 199 Å². The van der Waals surface area contributed by atoms with Crippen LogP contribution in [0.5, 0.6) is 5.75 Å². The Hall–Kier alpha value is -2.10. The van der Waals surface area contributed by atoms with Gasteiger partial charge in [0.15, 0.2) is 17.7 Å². The van der Waals surface area contributed by atoms with Gasteiger partial charge in [-0.05, 0) is 55.7 Å². The molecule has 7 nitrogen and oxygen atoms in total. The molecule has 1 N–H and O–H groups in total. The van der Waals surface area contributed by atoms with Crippen LogP contribution in [-0.2, 0) is 14.9 Å². The predicted octanol–water partition coefficient (Wildman–Crippen LogP) is 4.86. The first-order valence-electron chi connectivity index (χ1n) is 11.6. The van der Waals surface area contributed by atoms with E-state index >= 15 is 0 Å². The molecule has 4 aliphatic carbocycles. The van der Waals surface area contributed by atoms with Crippen LogP contribution in [0.25, 0.3) is 0 Å². The summed E-state index contributed by atoms with van der Waals surface area (Å²) in [4.78, 5) is 17.5. The van der Waals surface area contributed by atoms with Gasteiger partial charge in [-0.1, -0.05) is 16.8 Å². The van der Waals surface area contributed by atoms with E-state index in [9.17, 15) is 18.7 Å². The zero-order valence-corrected chi connectivity index (χ0v) is 19.4. The van der Waals surface area contributed by atoms with E-state index in [4.69, 9.17) is 20.9 Å². The van der Waals surface area contributed by atoms with Gasteiger partial charge in [-0.2, -0.15) is 13.8 Å². The van der Waals surface area contributed by atoms with Crippen LogP contribution in [0, 0.1) is 5.41 Å². The van der Waals surface area contributed by atoms with Crippen molar-refractivity contribution >= 4 is 17.4 Å². The summed E-state index contributed by atoms with van der Waals surface area (Å²) in [6.45, 7) is 0.744. The van der Waals surface area contributed by atoms with Crippen molar-refractivity contribution in [2.45, 2.75) is 87.6 Å². The lowest BCUT2D eigenvalue weighted by Gasteiger charge is -2.68. The molecule has 0 saturated heterocycles. The van der Waals surface area contributed by atoms with Crippen molar-refractivity contribution in [1.29, 1.82) is 0 Å². The SMILES string of the molecule is CC(F)(F)OC1CC(c2noc(C34CC(CC(=O)[C@H]5C[C@@H](O)c6cc(Cl)ccc6O5)(C3)C4)n2)C1. The lowest BCUT2D eigenvalue weighted by Crippen LogP contribution is -2.65. The Balaban J connectivity index is 1.03. The molecule has 182 valence electrons. The summed E-state index contributed by atoms with van der Waals surface area (Å²) in [6, 6.07) is 5.04.